The van der Waals surface area contributed by atoms with Crippen LogP contribution in [0.1, 0.15) is 18.4 Å². The second-order valence-corrected chi connectivity index (χ2v) is 6.66. The van der Waals surface area contributed by atoms with E-state index in [1.54, 1.807) is 6.20 Å². The first kappa shape index (κ1) is 13.8. The summed E-state index contributed by atoms with van der Waals surface area (Å²) in [4.78, 5) is 0. The van der Waals surface area contributed by atoms with Crippen LogP contribution in [0.25, 0.3) is 0 Å². The molecule has 0 N–H and O–H groups in total. The highest BCUT2D eigenvalue weighted by atomic mass is 35.5. The molecule has 2 aromatic rings. The minimum Gasteiger partial charge on any atom is -0.484 e. The van der Waals surface area contributed by atoms with E-state index in [1.165, 1.54) is 18.6 Å². The molecule has 0 amide bonds. The lowest BCUT2D eigenvalue weighted by Gasteiger charge is -2.09. The number of benzene rings is 1. The van der Waals surface area contributed by atoms with Gasteiger partial charge in [0.25, 0.3) is 0 Å². The molecule has 0 bridgehead atoms. The molecule has 20 heavy (non-hydrogen) atoms. The van der Waals surface area contributed by atoms with Crippen molar-refractivity contribution in [2.75, 3.05) is 5.75 Å². The maximum atomic E-state index is 6.34. The van der Waals surface area contributed by atoms with E-state index < -0.39 is 0 Å². The molecular formula is C15H17ClN2OS. The molecular weight excluding hydrogens is 292 g/mol. The molecule has 3 nitrogen and oxygen atoms in total. The van der Waals surface area contributed by atoms with Gasteiger partial charge in [-0.15, -0.1) is 0 Å². The van der Waals surface area contributed by atoms with Gasteiger partial charge in [-0.05, 0) is 24.2 Å². The van der Waals surface area contributed by atoms with Crippen molar-refractivity contribution in [3.8, 4) is 5.75 Å². The SMILES string of the molecule is Clc1c(OCc2ccccc2)cnn1CC1CCCS1. The third-order valence-electron chi connectivity index (χ3n) is 3.38. The predicted molar refractivity (Wildman–Crippen MR) is 83.5 cm³/mol. The smallest absolute Gasteiger partial charge is 0.176 e. The summed E-state index contributed by atoms with van der Waals surface area (Å²) in [5.74, 6) is 1.92. The lowest BCUT2D eigenvalue weighted by Crippen LogP contribution is -2.11. The molecule has 0 spiro atoms. The predicted octanol–water partition coefficient (Wildman–Crippen LogP) is 4.01. The largest absolute Gasteiger partial charge is 0.484 e. The van der Waals surface area contributed by atoms with Crippen LogP contribution in [0.5, 0.6) is 5.75 Å². The Hall–Kier alpha value is -1.13. The zero-order valence-electron chi connectivity index (χ0n) is 11.2. The molecule has 1 aliphatic heterocycles. The van der Waals surface area contributed by atoms with Crippen molar-refractivity contribution in [1.29, 1.82) is 0 Å². The minimum atomic E-state index is 0.518. The molecule has 1 fully saturated rings. The maximum Gasteiger partial charge on any atom is 0.176 e. The van der Waals surface area contributed by atoms with Crippen LogP contribution in [-0.2, 0) is 13.2 Å². The summed E-state index contributed by atoms with van der Waals surface area (Å²) < 4.78 is 7.60. The lowest BCUT2D eigenvalue weighted by molar-refractivity contribution is 0.306. The van der Waals surface area contributed by atoms with Gasteiger partial charge >= 0.3 is 0 Å². The highest BCUT2D eigenvalue weighted by molar-refractivity contribution is 8.00. The number of hydrogen-bond acceptors (Lipinski definition) is 3. The van der Waals surface area contributed by atoms with Crippen LogP contribution >= 0.6 is 23.4 Å². The van der Waals surface area contributed by atoms with E-state index in [4.69, 9.17) is 16.3 Å². The first-order valence-corrected chi connectivity index (χ1v) is 8.25. The first-order chi connectivity index (χ1) is 9.83. The number of nitrogens with zero attached hydrogens (tertiary/aromatic N) is 2. The Kier molecular flexibility index (Phi) is 4.53. The van der Waals surface area contributed by atoms with Crippen LogP contribution in [-0.4, -0.2) is 20.8 Å². The third-order valence-corrected chi connectivity index (χ3v) is 5.14. The summed E-state index contributed by atoms with van der Waals surface area (Å²) >= 11 is 8.34. The Balaban J connectivity index is 1.61. The fraction of sp³-hybridized carbons (Fsp3) is 0.400. The number of rotatable bonds is 5. The number of aromatic nitrogens is 2. The summed E-state index contributed by atoms with van der Waals surface area (Å²) in [5.41, 5.74) is 1.13. The molecule has 5 heteroatoms. The van der Waals surface area contributed by atoms with Gasteiger partial charge in [0.15, 0.2) is 10.9 Å². The summed E-state index contributed by atoms with van der Waals surface area (Å²) in [5, 5.41) is 5.58. The van der Waals surface area contributed by atoms with E-state index in [1.807, 2.05) is 46.8 Å². The fourth-order valence-electron chi connectivity index (χ4n) is 2.29. The van der Waals surface area contributed by atoms with Crippen molar-refractivity contribution in [3.05, 3.63) is 47.2 Å². The van der Waals surface area contributed by atoms with Gasteiger partial charge in [-0.25, -0.2) is 4.68 Å². The Bertz CT molecular complexity index is 552. The highest BCUT2D eigenvalue weighted by Crippen LogP contribution is 2.30. The van der Waals surface area contributed by atoms with Crippen LogP contribution in [0.15, 0.2) is 36.5 Å². The second kappa shape index (κ2) is 6.55. The van der Waals surface area contributed by atoms with E-state index in [9.17, 15) is 0 Å². The molecule has 3 rings (SSSR count). The maximum absolute atomic E-state index is 6.34. The van der Waals surface area contributed by atoms with Gasteiger partial charge in [-0.1, -0.05) is 41.9 Å². The summed E-state index contributed by atoms with van der Waals surface area (Å²) in [6.07, 6.45) is 4.26. The van der Waals surface area contributed by atoms with Crippen LogP contribution in [0.4, 0.5) is 0 Å². The molecule has 1 aromatic carbocycles. The summed E-state index contributed by atoms with van der Waals surface area (Å²) in [6.45, 7) is 1.39. The van der Waals surface area contributed by atoms with Gasteiger partial charge in [-0.2, -0.15) is 16.9 Å². The molecule has 0 saturated carbocycles. The molecule has 1 aliphatic rings. The van der Waals surface area contributed by atoms with Gasteiger partial charge in [0.1, 0.15) is 6.61 Å². The molecule has 1 saturated heterocycles. The monoisotopic (exact) mass is 308 g/mol. The molecule has 1 atom stereocenters. The normalized spacial score (nSPS) is 18.4. The quantitative estimate of drug-likeness (QED) is 0.835. The fourth-order valence-corrected chi connectivity index (χ4v) is 3.76. The van der Waals surface area contributed by atoms with Gasteiger partial charge in [-0.3, -0.25) is 0 Å². The van der Waals surface area contributed by atoms with Crippen LogP contribution < -0.4 is 4.74 Å². The Morgan fingerprint density at radius 3 is 2.95 bits per heavy atom. The first-order valence-electron chi connectivity index (χ1n) is 6.82. The van der Waals surface area contributed by atoms with Crippen LogP contribution in [0.2, 0.25) is 5.15 Å². The third kappa shape index (κ3) is 3.30. The van der Waals surface area contributed by atoms with Crippen molar-refractivity contribution in [3.63, 3.8) is 0 Å². The summed E-state index contributed by atoms with van der Waals surface area (Å²) in [7, 11) is 0. The van der Waals surface area contributed by atoms with E-state index in [-0.39, 0.29) is 0 Å². The average Bonchev–Trinajstić information content (AvgIpc) is 3.10. The molecule has 0 radical (unpaired) electrons. The Labute approximate surface area is 128 Å². The zero-order valence-corrected chi connectivity index (χ0v) is 12.7. The standard InChI is InChI=1S/C15H17ClN2OS/c16-15-14(19-11-12-5-2-1-3-6-12)9-17-18(15)10-13-7-4-8-20-13/h1-3,5-6,9,13H,4,7-8,10-11H2. The van der Waals surface area contributed by atoms with Gasteiger partial charge in [0.05, 0.1) is 12.7 Å². The Morgan fingerprint density at radius 1 is 1.35 bits per heavy atom. The van der Waals surface area contributed by atoms with Crippen LogP contribution in [0.3, 0.4) is 0 Å². The number of halogens is 1. The number of thioether (sulfide) groups is 1. The molecule has 2 heterocycles. The van der Waals surface area contributed by atoms with E-state index in [0.29, 0.717) is 22.8 Å². The minimum absolute atomic E-state index is 0.518. The number of ether oxygens (including phenoxy) is 1. The van der Waals surface area contributed by atoms with E-state index in [0.717, 1.165) is 12.1 Å². The van der Waals surface area contributed by atoms with E-state index >= 15 is 0 Å². The van der Waals surface area contributed by atoms with Gasteiger partial charge < -0.3 is 4.74 Å². The molecule has 106 valence electrons. The zero-order chi connectivity index (χ0) is 13.8. The molecule has 1 aromatic heterocycles. The van der Waals surface area contributed by atoms with Gasteiger partial charge in [0, 0.05) is 5.25 Å². The number of hydrogen-bond donors (Lipinski definition) is 0. The topological polar surface area (TPSA) is 27.1 Å². The summed E-state index contributed by atoms with van der Waals surface area (Å²) in [6, 6.07) is 10.1. The average molecular weight is 309 g/mol. The van der Waals surface area contributed by atoms with Crippen molar-refractivity contribution < 1.29 is 4.74 Å². The Morgan fingerprint density at radius 2 is 2.20 bits per heavy atom. The van der Waals surface area contributed by atoms with Crippen molar-refractivity contribution >= 4 is 23.4 Å². The van der Waals surface area contributed by atoms with Gasteiger partial charge in [0.2, 0.25) is 0 Å². The molecule has 0 aliphatic carbocycles. The van der Waals surface area contributed by atoms with E-state index in [2.05, 4.69) is 5.10 Å². The lowest BCUT2D eigenvalue weighted by atomic mass is 10.2. The van der Waals surface area contributed by atoms with Crippen molar-refractivity contribution in [1.82, 2.24) is 9.78 Å². The molecule has 1 unspecified atom stereocenters. The van der Waals surface area contributed by atoms with Crippen molar-refractivity contribution in [2.45, 2.75) is 31.2 Å². The highest BCUT2D eigenvalue weighted by Gasteiger charge is 2.19. The van der Waals surface area contributed by atoms with Crippen molar-refractivity contribution in [2.24, 2.45) is 0 Å². The second-order valence-electron chi connectivity index (χ2n) is 4.89. The van der Waals surface area contributed by atoms with Crippen LogP contribution in [0, 0.1) is 0 Å².